The lowest BCUT2D eigenvalue weighted by Crippen LogP contribution is -2.14. The molecule has 0 amide bonds. The molecule has 0 spiro atoms. The zero-order chi connectivity index (χ0) is 21.7. The summed E-state index contributed by atoms with van der Waals surface area (Å²) in [5.41, 5.74) is 9.38. The maximum Gasteiger partial charge on any atom is 0.0577 e. The van der Waals surface area contributed by atoms with Gasteiger partial charge in [0.1, 0.15) is 0 Å². The number of rotatable bonds is 3. The predicted octanol–water partition coefficient (Wildman–Crippen LogP) is 7.94. The Hall–Kier alpha value is -3.52. The van der Waals surface area contributed by atoms with E-state index in [2.05, 4.69) is 114 Å². The highest BCUT2D eigenvalue weighted by Gasteiger charge is 2.24. The lowest BCUT2D eigenvalue weighted by atomic mass is 10.0. The SMILES string of the molecule is C/C=C\c1c(C)c2ccccc2n1C1=CC(n2c3c(c4ccccc42)C=CCC3)CC=C1. The van der Waals surface area contributed by atoms with Crippen molar-refractivity contribution in [1.82, 2.24) is 9.13 Å². The average molecular weight is 417 g/mol. The number of benzene rings is 2. The first-order chi connectivity index (χ1) is 15.8. The molecule has 0 saturated carbocycles. The van der Waals surface area contributed by atoms with Crippen LogP contribution in [-0.4, -0.2) is 9.13 Å². The van der Waals surface area contributed by atoms with Crippen molar-refractivity contribution >= 4 is 39.7 Å². The quantitative estimate of drug-likeness (QED) is 0.321. The molecule has 2 heteroatoms. The number of nitrogens with zero attached hydrogens (tertiary/aromatic N) is 2. The Labute approximate surface area is 189 Å². The number of hydrogen-bond donors (Lipinski definition) is 0. The molecule has 158 valence electrons. The lowest BCUT2D eigenvalue weighted by molar-refractivity contribution is 0.598. The van der Waals surface area contributed by atoms with Gasteiger partial charge in [-0.2, -0.15) is 0 Å². The van der Waals surface area contributed by atoms with Gasteiger partial charge in [-0.05, 0) is 69.0 Å². The van der Waals surface area contributed by atoms with E-state index in [0.717, 1.165) is 19.3 Å². The number of allylic oxidation sites excluding steroid dienone is 6. The second-order valence-electron chi connectivity index (χ2n) is 8.85. The Morgan fingerprint density at radius 3 is 2.53 bits per heavy atom. The van der Waals surface area contributed by atoms with E-state index in [1.165, 1.54) is 50.0 Å². The Morgan fingerprint density at radius 1 is 0.906 bits per heavy atom. The zero-order valence-corrected chi connectivity index (χ0v) is 18.8. The topological polar surface area (TPSA) is 9.86 Å². The first kappa shape index (κ1) is 19.2. The van der Waals surface area contributed by atoms with Crippen LogP contribution >= 0.6 is 0 Å². The molecule has 2 aromatic carbocycles. The smallest absolute Gasteiger partial charge is 0.0577 e. The second-order valence-corrected chi connectivity index (χ2v) is 8.85. The maximum atomic E-state index is 2.60. The van der Waals surface area contributed by atoms with Crippen molar-refractivity contribution in [2.45, 2.75) is 39.2 Å². The van der Waals surface area contributed by atoms with E-state index in [4.69, 9.17) is 0 Å². The Bertz CT molecular complexity index is 1470. The van der Waals surface area contributed by atoms with Crippen molar-refractivity contribution in [2.24, 2.45) is 0 Å². The van der Waals surface area contributed by atoms with Crippen LogP contribution in [0.3, 0.4) is 0 Å². The third kappa shape index (κ3) is 2.79. The van der Waals surface area contributed by atoms with E-state index in [1.54, 1.807) is 0 Å². The van der Waals surface area contributed by atoms with Crippen molar-refractivity contribution < 1.29 is 0 Å². The standard InChI is InChI=1S/C30H28N2/c1-3-11-27-21(2)24-14-4-7-17-28(24)31(27)22-12-10-13-23(20-22)32-29-18-8-5-15-25(29)26-16-6-9-19-30(26)32/h3-8,10-12,14-18,20,23H,9,13,19H2,1-2H3/b11-3-. The molecule has 6 rings (SSSR count). The van der Waals surface area contributed by atoms with Gasteiger partial charge in [0.15, 0.2) is 0 Å². The van der Waals surface area contributed by atoms with E-state index >= 15 is 0 Å². The molecule has 2 aromatic heterocycles. The molecule has 0 fully saturated rings. The molecule has 4 aromatic rings. The summed E-state index contributed by atoms with van der Waals surface area (Å²) in [4.78, 5) is 0. The third-order valence-electron chi connectivity index (χ3n) is 7.01. The molecule has 2 aliphatic carbocycles. The van der Waals surface area contributed by atoms with Crippen LogP contribution in [0, 0.1) is 6.92 Å². The molecular weight excluding hydrogens is 388 g/mol. The minimum absolute atomic E-state index is 0.315. The molecule has 0 bridgehead atoms. The molecule has 0 saturated heterocycles. The molecule has 2 nitrogen and oxygen atoms in total. The highest BCUT2D eigenvalue weighted by molar-refractivity contribution is 5.93. The fraction of sp³-hybridized carbons (Fsp3) is 0.200. The van der Waals surface area contributed by atoms with Gasteiger partial charge in [0.05, 0.1) is 11.6 Å². The molecular formula is C30H28N2. The summed E-state index contributed by atoms with van der Waals surface area (Å²) in [5.74, 6) is 0. The van der Waals surface area contributed by atoms with Crippen LogP contribution < -0.4 is 0 Å². The molecule has 0 N–H and O–H groups in total. The van der Waals surface area contributed by atoms with Gasteiger partial charge in [0, 0.05) is 38.9 Å². The van der Waals surface area contributed by atoms with Gasteiger partial charge in [0.2, 0.25) is 0 Å². The highest BCUT2D eigenvalue weighted by atomic mass is 15.0. The van der Waals surface area contributed by atoms with E-state index < -0.39 is 0 Å². The number of para-hydroxylation sites is 2. The normalized spacial score (nSPS) is 18.1. The summed E-state index contributed by atoms with van der Waals surface area (Å²) in [6, 6.07) is 18.0. The number of aromatic nitrogens is 2. The third-order valence-corrected chi connectivity index (χ3v) is 7.01. The maximum absolute atomic E-state index is 2.60. The predicted molar refractivity (Wildman–Crippen MR) is 138 cm³/mol. The summed E-state index contributed by atoms with van der Waals surface area (Å²) < 4.78 is 5.04. The van der Waals surface area contributed by atoms with Gasteiger partial charge < -0.3 is 9.13 Å². The van der Waals surface area contributed by atoms with Crippen LogP contribution in [0.2, 0.25) is 0 Å². The van der Waals surface area contributed by atoms with Gasteiger partial charge in [-0.15, -0.1) is 0 Å². The molecule has 0 aliphatic heterocycles. The van der Waals surface area contributed by atoms with Gasteiger partial charge in [-0.3, -0.25) is 0 Å². The van der Waals surface area contributed by atoms with Gasteiger partial charge >= 0.3 is 0 Å². The second kappa shape index (κ2) is 7.56. The van der Waals surface area contributed by atoms with E-state index in [0.29, 0.717) is 6.04 Å². The zero-order valence-electron chi connectivity index (χ0n) is 18.8. The molecule has 32 heavy (non-hydrogen) atoms. The minimum Gasteiger partial charge on any atom is -0.337 e. The van der Waals surface area contributed by atoms with Crippen molar-refractivity contribution in [3.8, 4) is 0 Å². The largest absolute Gasteiger partial charge is 0.337 e. The van der Waals surface area contributed by atoms with Crippen molar-refractivity contribution in [1.29, 1.82) is 0 Å². The molecule has 1 unspecified atom stereocenters. The van der Waals surface area contributed by atoms with Crippen molar-refractivity contribution in [3.05, 3.63) is 101 Å². The summed E-state index contributed by atoms with van der Waals surface area (Å²) in [6.45, 7) is 4.34. The Balaban J connectivity index is 1.57. The number of aryl methyl sites for hydroxylation is 1. The van der Waals surface area contributed by atoms with Crippen LogP contribution in [0.4, 0.5) is 0 Å². The summed E-state index contributed by atoms with van der Waals surface area (Å²) in [5, 5.41) is 2.70. The Kier molecular flexibility index (Phi) is 4.53. The molecule has 2 heterocycles. The first-order valence-corrected chi connectivity index (χ1v) is 11.7. The van der Waals surface area contributed by atoms with Gasteiger partial charge in [-0.1, -0.05) is 60.7 Å². The van der Waals surface area contributed by atoms with Crippen LogP contribution in [-0.2, 0) is 6.42 Å². The number of hydrogen-bond acceptors (Lipinski definition) is 0. The van der Waals surface area contributed by atoms with Crippen molar-refractivity contribution in [3.63, 3.8) is 0 Å². The van der Waals surface area contributed by atoms with Gasteiger partial charge in [-0.25, -0.2) is 0 Å². The molecule has 0 radical (unpaired) electrons. The Morgan fingerprint density at radius 2 is 1.69 bits per heavy atom. The number of fused-ring (bicyclic) bond motifs is 4. The summed E-state index contributed by atoms with van der Waals surface area (Å²) >= 11 is 0. The van der Waals surface area contributed by atoms with E-state index in [9.17, 15) is 0 Å². The van der Waals surface area contributed by atoms with Crippen molar-refractivity contribution in [2.75, 3.05) is 0 Å². The molecule has 1 atom stereocenters. The van der Waals surface area contributed by atoms with Crippen LogP contribution in [0.5, 0.6) is 0 Å². The van der Waals surface area contributed by atoms with Crippen LogP contribution in [0.1, 0.15) is 48.3 Å². The fourth-order valence-corrected chi connectivity index (χ4v) is 5.62. The van der Waals surface area contributed by atoms with Crippen LogP contribution in [0.15, 0.2) is 78.9 Å². The monoisotopic (exact) mass is 416 g/mol. The van der Waals surface area contributed by atoms with Gasteiger partial charge in [0.25, 0.3) is 0 Å². The first-order valence-electron chi connectivity index (χ1n) is 11.7. The van der Waals surface area contributed by atoms with E-state index in [-0.39, 0.29) is 0 Å². The molecule has 2 aliphatic rings. The minimum atomic E-state index is 0.315. The van der Waals surface area contributed by atoms with Crippen LogP contribution in [0.25, 0.3) is 39.7 Å². The summed E-state index contributed by atoms with van der Waals surface area (Å²) in [6.07, 6.45) is 19.4. The average Bonchev–Trinajstić information content (AvgIpc) is 3.32. The highest BCUT2D eigenvalue weighted by Crippen LogP contribution is 2.38. The van der Waals surface area contributed by atoms with E-state index in [1.807, 2.05) is 0 Å². The summed E-state index contributed by atoms with van der Waals surface area (Å²) in [7, 11) is 0. The lowest BCUT2D eigenvalue weighted by Gasteiger charge is -2.24. The fourth-order valence-electron chi connectivity index (χ4n) is 5.62.